The highest BCUT2D eigenvalue weighted by molar-refractivity contribution is 5.79. The maximum absolute atomic E-state index is 12.8. The van der Waals surface area contributed by atoms with E-state index in [9.17, 15) is 13.2 Å². The number of aromatic nitrogens is 4. The zero-order valence-electron chi connectivity index (χ0n) is 16.4. The van der Waals surface area contributed by atoms with Crippen LogP contribution in [0.5, 0.6) is 5.75 Å². The third-order valence-electron chi connectivity index (χ3n) is 4.46. The number of hydrogen-bond donors (Lipinski definition) is 2. The van der Waals surface area contributed by atoms with E-state index in [1.165, 1.54) is 12.1 Å². The molecule has 31 heavy (non-hydrogen) atoms. The van der Waals surface area contributed by atoms with Crippen molar-refractivity contribution in [3.8, 4) is 28.3 Å². The van der Waals surface area contributed by atoms with Crippen molar-refractivity contribution in [3.63, 3.8) is 0 Å². The summed E-state index contributed by atoms with van der Waals surface area (Å²) in [6.45, 7) is 2.47. The summed E-state index contributed by atoms with van der Waals surface area (Å²) in [6, 6.07) is 14.0. The Balaban J connectivity index is 1.61. The average molecular weight is 425 g/mol. The molecular formula is C22H18F3N5O. The number of benzene rings is 2. The Hall–Kier alpha value is -3.88. The van der Waals surface area contributed by atoms with Crippen molar-refractivity contribution in [2.45, 2.75) is 13.1 Å². The smallest absolute Gasteiger partial charge is 0.416 e. The molecule has 0 amide bonds. The molecule has 0 saturated heterocycles. The first kappa shape index (κ1) is 20.4. The Labute approximate surface area is 176 Å². The van der Waals surface area contributed by atoms with Crippen LogP contribution in [0.1, 0.15) is 12.5 Å². The summed E-state index contributed by atoms with van der Waals surface area (Å²) in [5.74, 6) is 1.09. The third-order valence-corrected chi connectivity index (χ3v) is 4.46. The van der Waals surface area contributed by atoms with Crippen molar-refractivity contribution in [2.24, 2.45) is 0 Å². The first-order chi connectivity index (χ1) is 14.9. The molecule has 0 saturated carbocycles. The number of halogens is 3. The van der Waals surface area contributed by atoms with Crippen LogP contribution in [0, 0.1) is 0 Å². The van der Waals surface area contributed by atoms with Crippen molar-refractivity contribution in [1.29, 1.82) is 0 Å². The molecular weight excluding hydrogens is 407 g/mol. The van der Waals surface area contributed by atoms with Crippen LogP contribution >= 0.6 is 0 Å². The maximum atomic E-state index is 12.8. The van der Waals surface area contributed by atoms with Gasteiger partial charge in [0.2, 0.25) is 5.95 Å². The van der Waals surface area contributed by atoms with Crippen LogP contribution in [0.4, 0.5) is 24.8 Å². The summed E-state index contributed by atoms with van der Waals surface area (Å²) in [4.78, 5) is 8.77. The molecule has 0 fully saturated rings. The molecule has 6 nitrogen and oxygen atoms in total. The Morgan fingerprint density at radius 3 is 2.61 bits per heavy atom. The predicted octanol–water partition coefficient (Wildman–Crippen LogP) is 5.69. The summed E-state index contributed by atoms with van der Waals surface area (Å²) in [5, 5.41) is 10.1. The van der Waals surface area contributed by atoms with Gasteiger partial charge in [-0.25, -0.2) is 9.97 Å². The van der Waals surface area contributed by atoms with E-state index in [0.29, 0.717) is 35.1 Å². The van der Waals surface area contributed by atoms with Gasteiger partial charge >= 0.3 is 6.18 Å². The molecule has 0 aliphatic rings. The number of hydrogen-bond acceptors (Lipinski definition) is 5. The monoisotopic (exact) mass is 425 g/mol. The summed E-state index contributed by atoms with van der Waals surface area (Å²) < 4.78 is 44.0. The molecule has 158 valence electrons. The highest BCUT2D eigenvalue weighted by atomic mass is 19.4. The topological polar surface area (TPSA) is 75.7 Å². The highest BCUT2D eigenvalue weighted by Crippen LogP contribution is 2.33. The fourth-order valence-electron chi connectivity index (χ4n) is 3.05. The van der Waals surface area contributed by atoms with Crippen molar-refractivity contribution in [3.05, 3.63) is 72.6 Å². The molecule has 2 aromatic carbocycles. The van der Waals surface area contributed by atoms with Crippen molar-refractivity contribution >= 4 is 11.6 Å². The van der Waals surface area contributed by atoms with Crippen LogP contribution in [0.3, 0.4) is 0 Å². The van der Waals surface area contributed by atoms with Crippen LogP contribution in [0.15, 0.2) is 67.0 Å². The van der Waals surface area contributed by atoms with Gasteiger partial charge in [-0.3, -0.25) is 5.10 Å². The lowest BCUT2D eigenvalue weighted by molar-refractivity contribution is -0.137. The van der Waals surface area contributed by atoms with Gasteiger partial charge in [-0.1, -0.05) is 18.2 Å². The van der Waals surface area contributed by atoms with Crippen LogP contribution < -0.4 is 10.1 Å². The van der Waals surface area contributed by atoms with Gasteiger partial charge < -0.3 is 10.1 Å². The quantitative estimate of drug-likeness (QED) is 0.415. The number of nitrogens with one attached hydrogen (secondary N) is 2. The lowest BCUT2D eigenvalue weighted by Crippen LogP contribution is -2.04. The van der Waals surface area contributed by atoms with Gasteiger partial charge in [0.1, 0.15) is 11.4 Å². The molecule has 2 heterocycles. The fraction of sp³-hybridized carbons (Fsp3) is 0.136. The second-order valence-corrected chi connectivity index (χ2v) is 6.57. The number of alkyl halides is 3. The summed E-state index contributed by atoms with van der Waals surface area (Å²) in [7, 11) is 0. The minimum absolute atomic E-state index is 0.366. The maximum Gasteiger partial charge on any atom is 0.416 e. The zero-order valence-corrected chi connectivity index (χ0v) is 16.4. The van der Waals surface area contributed by atoms with Gasteiger partial charge in [-0.15, -0.1) is 0 Å². The second-order valence-electron chi connectivity index (χ2n) is 6.57. The molecule has 0 radical (unpaired) electrons. The average Bonchev–Trinajstić information content (AvgIpc) is 3.24. The molecule has 2 aromatic heterocycles. The van der Waals surface area contributed by atoms with E-state index in [2.05, 4.69) is 25.5 Å². The lowest BCUT2D eigenvalue weighted by atomic mass is 10.0. The highest BCUT2D eigenvalue weighted by Gasteiger charge is 2.30. The molecule has 0 unspecified atom stereocenters. The van der Waals surface area contributed by atoms with Gasteiger partial charge in [-0.05, 0) is 37.3 Å². The molecule has 0 atom stereocenters. The van der Waals surface area contributed by atoms with Gasteiger partial charge in [0, 0.05) is 35.3 Å². The largest absolute Gasteiger partial charge is 0.494 e. The number of rotatable bonds is 6. The number of anilines is 2. The van der Waals surface area contributed by atoms with E-state index in [1.54, 1.807) is 18.5 Å². The normalized spacial score (nSPS) is 11.4. The van der Waals surface area contributed by atoms with Gasteiger partial charge in [0.05, 0.1) is 17.9 Å². The van der Waals surface area contributed by atoms with Gasteiger partial charge in [-0.2, -0.15) is 18.3 Å². The molecule has 0 bridgehead atoms. The van der Waals surface area contributed by atoms with Crippen LogP contribution in [0.2, 0.25) is 0 Å². The van der Waals surface area contributed by atoms with E-state index in [1.807, 2.05) is 31.2 Å². The fourth-order valence-corrected chi connectivity index (χ4v) is 3.05. The molecule has 2 N–H and O–H groups in total. The van der Waals surface area contributed by atoms with E-state index in [0.717, 1.165) is 23.6 Å². The van der Waals surface area contributed by atoms with Gasteiger partial charge in [0.15, 0.2) is 0 Å². The van der Waals surface area contributed by atoms with Crippen LogP contribution in [-0.4, -0.2) is 26.8 Å². The first-order valence-electron chi connectivity index (χ1n) is 9.49. The Kier molecular flexibility index (Phi) is 5.57. The number of nitrogens with zero attached hydrogens (tertiary/aromatic N) is 3. The van der Waals surface area contributed by atoms with Crippen LogP contribution in [-0.2, 0) is 6.18 Å². The van der Waals surface area contributed by atoms with Crippen molar-refractivity contribution < 1.29 is 17.9 Å². The Morgan fingerprint density at radius 1 is 1.06 bits per heavy atom. The van der Waals surface area contributed by atoms with Crippen LogP contribution in [0.25, 0.3) is 22.5 Å². The lowest BCUT2D eigenvalue weighted by Gasteiger charge is -2.09. The molecule has 4 aromatic rings. The Morgan fingerprint density at radius 2 is 1.87 bits per heavy atom. The molecule has 4 rings (SSSR count). The third kappa shape index (κ3) is 4.66. The number of H-pyrrole nitrogens is 1. The first-order valence-corrected chi connectivity index (χ1v) is 9.49. The minimum Gasteiger partial charge on any atom is -0.494 e. The second kappa shape index (κ2) is 8.47. The summed E-state index contributed by atoms with van der Waals surface area (Å²) in [6.07, 6.45) is -1.14. The van der Waals surface area contributed by atoms with E-state index >= 15 is 0 Å². The summed E-state index contributed by atoms with van der Waals surface area (Å²) in [5.41, 5.74) is 2.31. The number of ether oxygens (including phenoxy) is 1. The predicted molar refractivity (Wildman–Crippen MR) is 111 cm³/mol. The molecule has 0 aliphatic heterocycles. The van der Waals surface area contributed by atoms with Crippen molar-refractivity contribution in [1.82, 2.24) is 20.2 Å². The standard InChI is InChI=1S/C22H18F3N5O/c1-2-31-17-5-3-4-16(12-17)28-21-26-11-10-19(29-21)18-13-27-30-20(18)14-6-8-15(9-7-14)22(23,24)25/h3-13H,2H2,1H3,(H,27,30)(H,26,28,29). The summed E-state index contributed by atoms with van der Waals surface area (Å²) >= 11 is 0. The molecule has 0 aliphatic carbocycles. The number of aromatic amines is 1. The SMILES string of the molecule is CCOc1cccc(Nc2nccc(-c3c[nH]nc3-c3ccc(C(F)(F)F)cc3)n2)c1. The van der Waals surface area contributed by atoms with Gasteiger partial charge in [0.25, 0.3) is 0 Å². The van der Waals surface area contributed by atoms with E-state index < -0.39 is 11.7 Å². The Bertz CT molecular complexity index is 1170. The molecule has 0 spiro atoms. The zero-order chi connectivity index (χ0) is 21.8. The van der Waals surface area contributed by atoms with E-state index in [4.69, 9.17) is 4.74 Å². The molecule has 9 heteroatoms. The van der Waals surface area contributed by atoms with E-state index in [-0.39, 0.29) is 0 Å². The van der Waals surface area contributed by atoms with Crippen molar-refractivity contribution in [2.75, 3.05) is 11.9 Å². The minimum atomic E-state index is -4.39.